The minimum Gasteiger partial charge on any atom is -0.744 e. The van der Waals surface area contributed by atoms with Crippen LogP contribution in [-0.4, -0.2) is 13.0 Å². The first-order valence-corrected chi connectivity index (χ1v) is 17.4. The van der Waals surface area contributed by atoms with E-state index in [1.807, 2.05) is 6.07 Å². The summed E-state index contributed by atoms with van der Waals surface area (Å²) >= 11 is 0. The van der Waals surface area contributed by atoms with Gasteiger partial charge < -0.3 is 4.55 Å². The maximum atomic E-state index is 11.8. The molecular weight excluding hydrogens is 528 g/mol. The Labute approximate surface area is 283 Å². The van der Waals surface area contributed by atoms with Gasteiger partial charge in [0.1, 0.15) is 10.1 Å². The Kier molecular flexibility index (Phi) is 21.8. The quantitative estimate of drug-likeness (QED) is 0.0767. The first-order valence-electron chi connectivity index (χ1n) is 16.0. The van der Waals surface area contributed by atoms with Crippen LogP contribution < -0.4 is 51.4 Å². The fourth-order valence-electron chi connectivity index (χ4n) is 5.58. The maximum absolute atomic E-state index is 11.8. The molecule has 216 valence electrons. The SMILES string of the molecule is CCCCCCCCCCCCc1ccc2cc(S(=O)(=O)[O-])cc(CCCCCCCCCCCC)c2c1.[K+]. The van der Waals surface area contributed by atoms with Crippen molar-refractivity contribution in [1.82, 2.24) is 0 Å². The van der Waals surface area contributed by atoms with Crippen molar-refractivity contribution in [2.75, 3.05) is 0 Å². The van der Waals surface area contributed by atoms with Gasteiger partial charge in [0.25, 0.3) is 0 Å². The molecule has 0 spiro atoms. The Morgan fingerprint density at radius 1 is 0.564 bits per heavy atom. The molecule has 39 heavy (non-hydrogen) atoms. The molecule has 0 atom stereocenters. The van der Waals surface area contributed by atoms with E-state index in [-0.39, 0.29) is 56.3 Å². The van der Waals surface area contributed by atoms with Crippen LogP contribution in [0.15, 0.2) is 35.2 Å². The van der Waals surface area contributed by atoms with Crippen molar-refractivity contribution >= 4 is 20.9 Å². The standard InChI is InChI=1S/C34H56O3S.K/c1-3-5-7-9-11-13-15-17-19-21-23-30-25-26-32-29-33(38(35,36)37)28-31(34(32)27-30)24-22-20-18-16-14-12-10-8-6-4-2;/h25-29H,3-24H2,1-2H3,(H,35,36,37);/q;+1/p-1. The summed E-state index contributed by atoms with van der Waals surface area (Å²) in [5.41, 5.74) is 2.33. The van der Waals surface area contributed by atoms with Gasteiger partial charge in [-0.05, 0) is 59.7 Å². The molecule has 5 heteroatoms. The van der Waals surface area contributed by atoms with Crippen LogP contribution in [0.2, 0.25) is 0 Å². The summed E-state index contributed by atoms with van der Waals surface area (Å²) in [5.74, 6) is 0. The number of aryl methyl sites for hydroxylation is 2. The molecule has 0 bridgehead atoms. The Balaban J connectivity index is 0.00000760. The molecule has 2 rings (SSSR count). The van der Waals surface area contributed by atoms with Gasteiger partial charge >= 0.3 is 51.4 Å². The molecule has 0 fully saturated rings. The van der Waals surface area contributed by atoms with Gasteiger partial charge in [0.05, 0.1) is 4.90 Å². The van der Waals surface area contributed by atoms with Crippen LogP contribution in [0.4, 0.5) is 0 Å². The van der Waals surface area contributed by atoms with Crippen molar-refractivity contribution in [1.29, 1.82) is 0 Å². The van der Waals surface area contributed by atoms with Gasteiger partial charge in [0.15, 0.2) is 0 Å². The van der Waals surface area contributed by atoms with Crippen LogP contribution in [-0.2, 0) is 23.0 Å². The van der Waals surface area contributed by atoms with Crippen LogP contribution in [0, 0.1) is 0 Å². The van der Waals surface area contributed by atoms with Gasteiger partial charge in [-0.15, -0.1) is 0 Å². The van der Waals surface area contributed by atoms with E-state index in [1.165, 1.54) is 121 Å². The number of unbranched alkanes of at least 4 members (excludes halogenated alkanes) is 18. The molecule has 2 aromatic rings. The molecule has 0 saturated carbocycles. The molecule has 0 saturated heterocycles. The number of hydrogen-bond acceptors (Lipinski definition) is 3. The zero-order chi connectivity index (χ0) is 27.5. The van der Waals surface area contributed by atoms with Crippen molar-refractivity contribution in [2.24, 2.45) is 0 Å². The van der Waals surface area contributed by atoms with Crippen LogP contribution in [0.1, 0.15) is 153 Å². The van der Waals surface area contributed by atoms with Crippen LogP contribution in [0.25, 0.3) is 10.8 Å². The Morgan fingerprint density at radius 3 is 1.46 bits per heavy atom. The molecule has 0 aliphatic heterocycles. The third-order valence-electron chi connectivity index (χ3n) is 7.99. The van der Waals surface area contributed by atoms with E-state index in [4.69, 9.17) is 0 Å². The summed E-state index contributed by atoms with van der Waals surface area (Å²) in [5, 5.41) is 1.99. The largest absolute Gasteiger partial charge is 1.00 e. The summed E-state index contributed by atoms with van der Waals surface area (Å²) in [6.07, 6.45) is 28.0. The predicted octanol–water partition coefficient (Wildman–Crippen LogP) is 7.67. The second-order valence-corrected chi connectivity index (χ2v) is 12.8. The molecule has 0 heterocycles. The van der Waals surface area contributed by atoms with E-state index in [1.54, 1.807) is 12.1 Å². The summed E-state index contributed by atoms with van der Waals surface area (Å²) in [6, 6.07) is 9.57. The molecule has 0 aliphatic carbocycles. The fourth-order valence-corrected chi connectivity index (χ4v) is 6.14. The van der Waals surface area contributed by atoms with E-state index in [0.717, 1.165) is 42.0 Å². The van der Waals surface area contributed by atoms with Crippen molar-refractivity contribution in [3.8, 4) is 0 Å². The first-order chi connectivity index (χ1) is 18.5. The van der Waals surface area contributed by atoms with Crippen molar-refractivity contribution in [3.63, 3.8) is 0 Å². The minimum absolute atomic E-state index is 0. The Bertz CT molecular complexity index is 1000. The van der Waals surface area contributed by atoms with Gasteiger partial charge in [0.2, 0.25) is 0 Å². The maximum Gasteiger partial charge on any atom is 1.00 e. The topological polar surface area (TPSA) is 57.2 Å². The van der Waals surface area contributed by atoms with Gasteiger partial charge in [-0.2, -0.15) is 0 Å². The molecule has 3 nitrogen and oxygen atoms in total. The van der Waals surface area contributed by atoms with Gasteiger partial charge in [0, 0.05) is 0 Å². The number of hydrogen-bond donors (Lipinski definition) is 0. The summed E-state index contributed by atoms with van der Waals surface area (Å²) < 4.78 is 35.4. The molecule has 0 amide bonds. The van der Waals surface area contributed by atoms with E-state index in [9.17, 15) is 13.0 Å². The van der Waals surface area contributed by atoms with Gasteiger partial charge in [-0.3, -0.25) is 0 Å². The van der Waals surface area contributed by atoms with Crippen molar-refractivity contribution in [2.45, 2.75) is 160 Å². The van der Waals surface area contributed by atoms with Crippen LogP contribution in [0.3, 0.4) is 0 Å². The second-order valence-electron chi connectivity index (χ2n) is 11.5. The molecule has 2 aromatic carbocycles. The van der Waals surface area contributed by atoms with Crippen molar-refractivity contribution < 1.29 is 64.4 Å². The minimum atomic E-state index is -4.46. The van der Waals surface area contributed by atoms with E-state index >= 15 is 0 Å². The smallest absolute Gasteiger partial charge is 0.744 e. The third-order valence-corrected chi connectivity index (χ3v) is 8.80. The van der Waals surface area contributed by atoms with Gasteiger partial charge in [-0.1, -0.05) is 148 Å². The van der Waals surface area contributed by atoms with Crippen LogP contribution in [0.5, 0.6) is 0 Å². The van der Waals surface area contributed by atoms with E-state index < -0.39 is 10.1 Å². The summed E-state index contributed by atoms with van der Waals surface area (Å²) in [7, 11) is -4.46. The summed E-state index contributed by atoms with van der Waals surface area (Å²) in [4.78, 5) is -0.0884. The van der Waals surface area contributed by atoms with Crippen molar-refractivity contribution in [3.05, 3.63) is 41.5 Å². The third kappa shape index (κ3) is 16.5. The summed E-state index contributed by atoms with van der Waals surface area (Å²) in [6.45, 7) is 4.52. The molecular formula is C34H55KO3S. The predicted molar refractivity (Wildman–Crippen MR) is 163 cm³/mol. The number of rotatable bonds is 23. The Hall–Kier alpha value is 0.246. The first kappa shape index (κ1) is 37.3. The number of fused-ring (bicyclic) bond motifs is 1. The molecule has 0 unspecified atom stereocenters. The molecule has 0 aliphatic rings. The fraction of sp³-hybridized carbons (Fsp3) is 0.706. The van der Waals surface area contributed by atoms with Gasteiger partial charge in [-0.25, -0.2) is 8.42 Å². The van der Waals surface area contributed by atoms with E-state index in [2.05, 4.69) is 26.0 Å². The molecule has 0 N–H and O–H groups in total. The monoisotopic (exact) mass is 582 g/mol. The second kappa shape index (κ2) is 22.8. The zero-order valence-corrected chi connectivity index (χ0v) is 29.5. The average Bonchev–Trinajstić information content (AvgIpc) is 2.90. The Morgan fingerprint density at radius 2 is 1.00 bits per heavy atom. The molecule has 0 aromatic heterocycles. The van der Waals surface area contributed by atoms with Crippen LogP contribution >= 0.6 is 0 Å². The molecule has 0 radical (unpaired) electrons. The normalized spacial score (nSPS) is 11.7. The van der Waals surface area contributed by atoms with E-state index in [0.29, 0.717) is 0 Å². The zero-order valence-electron chi connectivity index (χ0n) is 25.6. The average molecular weight is 583 g/mol. The number of benzene rings is 2.